The zero-order valence-electron chi connectivity index (χ0n) is 11.1. The summed E-state index contributed by atoms with van der Waals surface area (Å²) >= 11 is 0. The molecule has 0 aromatic heterocycles. The van der Waals surface area contributed by atoms with Crippen LogP contribution in [0.25, 0.3) is 0 Å². The van der Waals surface area contributed by atoms with Gasteiger partial charge in [-0.1, -0.05) is 11.8 Å². The molecule has 1 aromatic rings. The quantitative estimate of drug-likeness (QED) is 0.575. The molecule has 20 heavy (non-hydrogen) atoms. The standard InChI is InChI=1S/C13H17NO4S2/c1-19(16)11-3-9-14-20(17,18)13-7-5-12(6-8-13)4-2-10-15/h5-8,14-15H,3,9-11H2,1H3. The molecule has 0 saturated heterocycles. The fourth-order valence-electron chi connectivity index (χ4n) is 1.42. The minimum Gasteiger partial charge on any atom is -0.384 e. The lowest BCUT2D eigenvalue weighted by molar-refractivity contribution is 0.350. The highest BCUT2D eigenvalue weighted by Gasteiger charge is 2.12. The Morgan fingerprint density at radius 2 is 1.95 bits per heavy atom. The van der Waals surface area contributed by atoms with Crippen LogP contribution >= 0.6 is 0 Å². The number of hydrogen-bond donors (Lipinski definition) is 2. The summed E-state index contributed by atoms with van der Waals surface area (Å²) in [5, 5.41) is 8.57. The molecule has 1 rings (SSSR count). The Morgan fingerprint density at radius 3 is 2.50 bits per heavy atom. The highest BCUT2D eigenvalue weighted by molar-refractivity contribution is 7.89. The number of sulfonamides is 1. The summed E-state index contributed by atoms with van der Waals surface area (Å²) in [6.07, 6.45) is 2.11. The first-order chi connectivity index (χ1) is 9.45. The third-order valence-corrected chi connectivity index (χ3v) is 4.72. The number of hydrogen-bond acceptors (Lipinski definition) is 4. The van der Waals surface area contributed by atoms with Crippen LogP contribution < -0.4 is 4.72 Å². The molecule has 0 bridgehead atoms. The highest BCUT2D eigenvalue weighted by atomic mass is 32.2. The molecular weight excluding hydrogens is 298 g/mol. The number of aliphatic hydroxyl groups is 1. The second kappa shape index (κ2) is 8.17. The maximum Gasteiger partial charge on any atom is 0.240 e. The van der Waals surface area contributed by atoms with Crippen LogP contribution in [0.5, 0.6) is 0 Å². The Labute approximate surface area is 121 Å². The molecule has 0 fully saturated rings. The van der Waals surface area contributed by atoms with Gasteiger partial charge in [-0.3, -0.25) is 4.21 Å². The molecule has 1 aromatic carbocycles. The first-order valence-electron chi connectivity index (χ1n) is 5.95. The van der Waals surface area contributed by atoms with Crippen molar-refractivity contribution in [3.05, 3.63) is 29.8 Å². The lowest BCUT2D eigenvalue weighted by Gasteiger charge is -2.06. The number of benzene rings is 1. The zero-order valence-corrected chi connectivity index (χ0v) is 12.8. The van der Waals surface area contributed by atoms with E-state index in [4.69, 9.17) is 5.11 Å². The SMILES string of the molecule is CS(=O)CCCNS(=O)(=O)c1ccc(C#CCO)cc1. The van der Waals surface area contributed by atoms with E-state index in [0.29, 0.717) is 17.7 Å². The van der Waals surface area contributed by atoms with Crippen molar-refractivity contribution in [1.29, 1.82) is 0 Å². The number of aliphatic hydroxyl groups excluding tert-OH is 1. The molecule has 0 aliphatic heterocycles. The van der Waals surface area contributed by atoms with Gasteiger partial charge in [0.2, 0.25) is 10.0 Å². The van der Waals surface area contributed by atoms with Gasteiger partial charge in [-0.15, -0.1) is 0 Å². The molecule has 2 N–H and O–H groups in total. The second-order valence-corrected chi connectivity index (χ2v) is 7.33. The van der Waals surface area contributed by atoms with Crippen LogP contribution in [0.2, 0.25) is 0 Å². The number of rotatable bonds is 6. The van der Waals surface area contributed by atoms with E-state index >= 15 is 0 Å². The Hall–Kier alpha value is -1.20. The maximum absolute atomic E-state index is 11.9. The van der Waals surface area contributed by atoms with Crippen molar-refractivity contribution in [3.8, 4) is 11.8 Å². The van der Waals surface area contributed by atoms with Gasteiger partial charge in [0.15, 0.2) is 0 Å². The maximum atomic E-state index is 11.9. The molecule has 0 amide bonds. The van der Waals surface area contributed by atoms with Gasteiger partial charge in [-0.2, -0.15) is 0 Å². The fourth-order valence-corrected chi connectivity index (χ4v) is 3.05. The molecule has 0 spiro atoms. The predicted molar refractivity (Wildman–Crippen MR) is 79.1 cm³/mol. The summed E-state index contributed by atoms with van der Waals surface area (Å²) in [6, 6.07) is 6.08. The van der Waals surface area contributed by atoms with Gasteiger partial charge in [-0.05, 0) is 30.7 Å². The van der Waals surface area contributed by atoms with Gasteiger partial charge in [0.25, 0.3) is 0 Å². The van der Waals surface area contributed by atoms with E-state index in [9.17, 15) is 12.6 Å². The molecule has 5 nitrogen and oxygen atoms in total. The fraction of sp³-hybridized carbons (Fsp3) is 0.385. The minimum atomic E-state index is -3.54. The summed E-state index contributed by atoms with van der Waals surface area (Å²) in [5.74, 6) is 5.65. The third kappa shape index (κ3) is 5.84. The molecule has 0 aliphatic rings. The van der Waals surface area contributed by atoms with Gasteiger partial charge in [0.05, 0.1) is 4.90 Å². The van der Waals surface area contributed by atoms with Crippen molar-refractivity contribution >= 4 is 20.8 Å². The molecule has 7 heteroatoms. The average molecular weight is 315 g/mol. The summed E-state index contributed by atoms with van der Waals surface area (Å²) in [4.78, 5) is 0.157. The summed E-state index contributed by atoms with van der Waals surface area (Å²) in [5.41, 5.74) is 0.638. The van der Waals surface area contributed by atoms with Crippen LogP contribution in [0.15, 0.2) is 29.2 Å². The summed E-state index contributed by atoms with van der Waals surface area (Å²) in [7, 11) is -4.46. The molecule has 0 radical (unpaired) electrons. The zero-order chi connectivity index (χ0) is 15.0. The van der Waals surface area contributed by atoms with Gasteiger partial charge >= 0.3 is 0 Å². The van der Waals surface area contributed by atoms with Crippen LogP contribution in [0.3, 0.4) is 0 Å². The average Bonchev–Trinajstić information content (AvgIpc) is 2.42. The lowest BCUT2D eigenvalue weighted by Crippen LogP contribution is -2.25. The Morgan fingerprint density at radius 1 is 1.30 bits per heavy atom. The van der Waals surface area contributed by atoms with E-state index < -0.39 is 20.8 Å². The Bertz CT molecular complexity index is 612. The minimum absolute atomic E-state index is 0.157. The highest BCUT2D eigenvalue weighted by Crippen LogP contribution is 2.09. The van der Waals surface area contributed by atoms with E-state index in [0.717, 1.165) is 0 Å². The predicted octanol–water partition coefficient (Wildman–Crippen LogP) is 0.0773. The monoisotopic (exact) mass is 315 g/mol. The second-order valence-electron chi connectivity index (χ2n) is 4.01. The van der Waals surface area contributed by atoms with Crippen molar-refractivity contribution in [2.75, 3.05) is 25.2 Å². The first-order valence-corrected chi connectivity index (χ1v) is 9.16. The smallest absolute Gasteiger partial charge is 0.240 e. The molecule has 0 heterocycles. The van der Waals surface area contributed by atoms with Gasteiger partial charge in [-0.25, -0.2) is 13.1 Å². The van der Waals surface area contributed by atoms with Gasteiger partial charge in [0.1, 0.15) is 6.61 Å². The molecule has 1 unspecified atom stereocenters. The van der Waals surface area contributed by atoms with Crippen LogP contribution in [-0.2, 0) is 20.8 Å². The van der Waals surface area contributed by atoms with E-state index in [-0.39, 0.29) is 18.0 Å². The topological polar surface area (TPSA) is 83.5 Å². The van der Waals surface area contributed by atoms with Crippen LogP contribution in [0.1, 0.15) is 12.0 Å². The van der Waals surface area contributed by atoms with Crippen LogP contribution in [-0.4, -0.2) is 42.9 Å². The third-order valence-electron chi connectivity index (χ3n) is 2.38. The molecule has 110 valence electrons. The molecule has 0 saturated carbocycles. The van der Waals surface area contributed by atoms with Crippen molar-refractivity contribution < 1.29 is 17.7 Å². The number of nitrogens with one attached hydrogen (secondary N) is 1. The van der Waals surface area contributed by atoms with E-state index in [1.54, 1.807) is 18.4 Å². The van der Waals surface area contributed by atoms with E-state index in [1.165, 1.54) is 12.1 Å². The first kappa shape index (κ1) is 16.9. The van der Waals surface area contributed by atoms with Crippen LogP contribution in [0.4, 0.5) is 0 Å². The van der Waals surface area contributed by atoms with Crippen molar-refractivity contribution in [2.24, 2.45) is 0 Å². The molecular formula is C13H17NO4S2. The summed E-state index contributed by atoms with van der Waals surface area (Å²) < 4.78 is 37.2. The van der Waals surface area contributed by atoms with Gasteiger partial charge < -0.3 is 5.11 Å². The van der Waals surface area contributed by atoms with Crippen molar-refractivity contribution in [3.63, 3.8) is 0 Å². The Kier molecular flexibility index (Phi) is 6.88. The lowest BCUT2D eigenvalue weighted by atomic mass is 10.2. The largest absolute Gasteiger partial charge is 0.384 e. The van der Waals surface area contributed by atoms with Crippen molar-refractivity contribution in [2.45, 2.75) is 11.3 Å². The molecule has 1 atom stereocenters. The summed E-state index contributed by atoms with van der Waals surface area (Å²) in [6.45, 7) is 0.0222. The van der Waals surface area contributed by atoms with Crippen LogP contribution in [0, 0.1) is 11.8 Å². The van der Waals surface area contributed by atoms with E-state index in [1.807, 2.05) is 0 Å². The van der Waals surface area contributed by atoms with Gasteiger partial charge in [0, 0.05) is 34.9 Å². The van der Waals surface area contributed by atoms with Crippen molar-refractivity contribution in [1.82, 2.24) is 4.72 Å². The Balaban J connectivity index is 2.65. The normalized spacial score (nSPS) is 12.5. The van der Waals surface area contributed by atoms with E-state index in [2.05, 4.69) is 16.6 Å². The molecule has 0 aliphatic carbocycles.